The molecular weight excluding hydrogens is 581 g/mol. The van der Waals surface area contributed by atoms with Gasteiger partial charge in [-0.05, 0) is 86.3 Å². The molecule has 1 aliphatic heterocycles. The van der Waals surface area contributed by atoms with Crippen LogP contribution in [0.5, 0.6) is 23.0 Å². The Hall–Kier alpha value is -3.83. The SMILES string of the molecule is COc1cc2c(Oc3ccc(CS(=O)(=O)c4cc(F)ccc4F)cc3F)ccnc2cc1OCCCN1CCC(C)CC1. The number of aromatic nitrogens is 1. The van der Waals surface area contributed by atoms with Crippen molar-refractivity contribution >= 4 is 20.7 Å². The van der Waals surface area contributed by atoms with Gasteiger partial charge in [0, 0.05) is 24.2 Å². The van der Waals surface area contributed by atoms with Gasteiger partial charge in [-0.15, -0.1) is 0 Å². The Balaban J connectivity index is 1.28. The van der Waals surface area contributed by atoms with Gasteiger partial charge in [0.15, 0.2) is 32.9 Å². The van der Waals surface area contributed by atoms with Gasteiger partial charge in [0.05, 0.1) is 25.0 Å². The summed E-state index contributed by atoms with van der Waals surface area (Å²) in [4.78, 5) is 6.08. The van der Waals surface area contributed by atoms with E-state index in [1.54, 1.807) is 18.2 Å². The van der Waals surface area contributed by atoms with Gasteiger partial charge in [-0.1, -0.05) is 13.0 Å². The van der Waals surface area contributed by atoms with Crippen molar-refractivity contribution in [3.63, 3.8) is 0 Å². The fourth-order valence-corrected chi connectivity index (χ4v) is 6.52. The Morgan fingerprint density at radius 1 is 0.907 bits per heavy atom. The van der Waals surface area contributed by atoms with E-state index in [-0.39, 0.29) is 11.3 Å². The zero-order valence-electron chi connectivity index (χ0n) is 24.0. The van der Waals surface area contributed by atoms with Crippen LogP contribution in [0, 0.1) is 23.4 Å². The summed E-state index contributed by atoms with van der Waals surface area (Å²) in [5.74, 6) is -1.57. The lowest BCUT2D eigenvalue weighted by Crippen LogP contribution is -2.34. The number of halogens is 3. The van der Waals surface area contributed by atoms with Gasteiger partial charge in [-0.3, -0.25) is 4.98 Å². The summed E-state index contributed by atoms with van der Waals surface area (Å²) < 4.78 is 85.5. The van der Waals surface area contributed by atoms with Gasteiger partial charge in [-0.2, -0.15) is 0 Å². The minimum atomic E-state index is -4.27. The summed E-state index contributed by atoms with van der Waals surface area (Å²) in [6, 6.07) is 10.8. The van der Waals surface area contributed by atoms with Crippen molar-refractivity contribution in [1.82, 2.24) is 9.88 Å². The highest BCUT2D eigenvalue weighted by molar-refractivity contribution is 7.90. The Kier molecular flexibility index (Phi) is 9.41. The number of pyridine rings is 1. The lowest BCUT2D eigenvalue weighted by Gasteiger charge is -2.30. The van der Waals surface area contributed by atoms with Crippen molar-refractivity contribution in [1.29, 1.82) is 0 Å². The second-order valence-corrected chi connectivity index (χ2v) is 12.7. The van der Waals surface area contributed by atoms with Crippen LogP contribution in [0.2, 0.25) is 0 Å². The van der Waals surface area contributed by atoms with Crippen LogP contribution in [-0.2, 0) is 15.6 Å². The predicted octanol–water partition coefficient (Wildman–Crippen LogP) is 6.93. The topological polar surface area (TPSA) is 78.0 Å². The number of hydrogen-bond acceptors (Lipinski definition) is 7. The molecule has 0 amide bonds. The maximum Gasteiger partial charge on any atom is 0.185 e. The number of likely N-dealkylation sites (tertiary alicyclic amines) is 1. The highest BCUT2D eigenvalue weighted by atomic mass is 32.2. The largest absolute Gasteiger partial charge is 0.493 e. The minimum Gasteiger partial charge on any atom is -0.493 e. The summed E-state index contributed by atoms with van der Waals surface area (Å²) in [6.07, 6.45) is 4.85. The summed E-state index contributed by atoms with van der Waals surface area (Å²) >= 11 is 0. The molecule has 1 fully saturated rings. The molecule has 228 valence electrons. The van der Waals surface area contributed by atoms with Crippen LogP contribution in [0.4, 0.5) is 13.2 Å². The number of nitrogens with zero attached hydrogens (tertiary/aromatic N) is 2. The van der Waals surface area contributed by atoms with E-state index in [0.717, 1.165) is 50.2 Å². The van der Waals surface area contributed by atoms with Gasteiger partial charge in [0.2, 0.25) is 0 Å². The first-order valence-corrected chi connectivity index (χ1v) is 15.7. The number of rotatable bonds is 11. The quantitative estimate of drug-likeness (QED) is 0.170. The van der Waals surface area contributed by atoms with Gasteiger partial charge >= 0.3 is 0 Å². The van der Waals surface area contributed by atoms with E-state index in [1.807, 2.05) is 0 Å². The molecule has 0 atom stereocenters. The van der Waals surface area contributed by atoms with E-state index in [1.165, 1.54) is 38.3 Å². The van der Waals surface area contributed by atoms with Crippen molar-refractivity contribution in [2.24, 2.45) is 5.92 Å². The number of fused-ring (bicyclic) bond motifs is 1. The van der Waals surface area contributed by atoms with E-state index < -0.39 is 37.9 Å². The molecule has 0 unspecified atom stereocenters. The molecule has 2 heterocycles. The lowest BCUT2D eigenvalue weighted by atomic mass is 9.99. The summed E-state index contributed by atoms with van der Waals surface area (Å²) in [6.45, 7) is 6.01. The maximum absolute atomic E-state index is 15.1. The number of benzene rings is 3. The monoisotopic (exact) mass is 614 g/mol. The normalized spacial score (nSPS) is 14.6. The fraction of sp³-hybridized carbons (Fsp3) is 0.344. The second kappa shape index (κ2) is 13.2. The molecular formula is C32H33F3N2O5S. The van der Waals surface area contributed by atoms with Gasteiger partial charge in [0.25, 0.3) is 0 Å². The molecule has 4 aromatic rings. The van der Waals surface area contributed by atoms with Crippen molar-refractivity contribution < 1.29 is 35.8 Å². The Labute approximate surface area is 249 Å². The van der Waals surface area contributed by atoms with Gasteiger partial charge in [-0.25, -0.2) is 21.6 Å². The van der Waals surface area contributed by atoms with Crippen LogP contribution in [0.25, 0.3) is 10.9 Å². The van der Waals surface area contributed by atoms with Crippen molar-refractivity contribution in [2.45, 2.75) is 36.8 Å². The lowest BCUT2D eigenvalue weighted by molar-refractivity contribution is 0.176. The number of hydrogen-bond donors (Lipinski definition) is 0. The number of ether oxygens (including phenoxy) is 3. The van der Waals surface area contributed by atoms with E-state index in [2.05, 4.69) is 16.8 Å². The van der Waals surface area contributed by atoms with Gasteiger partial charge in [0.1, 0.15) is 22.3 Å². The van der Waals surface area contributed by atoms with Gasteiger partial charge < -0.3 is 19.1 Å². The third-order valence-electron chi connectivity index (χ3n) is 7.54. The molecule has 5 rings (SSSR count). The Morgan fingerprint density at radius 3 is 2.44 bits per heavy atom. The molecule has 0 saturated carbocycles. The molecule has 0 N–H and O–H groups in total. The molecule has 0 aliphatic carbocycles. The first kappa shape index (κ1) is 30.6. The molecule has 3 aromatic carbocycles. The van der Waals surface area contributed by atoms with Crippen molar-refractivity contribution in [2.75, 3.05) is 33.4 Å². The molecule has 1 aromatic heterocycles. The standard InChI is InChI=1S/C32H33F3N2O5S/c1-21-9-13-37(14-10-21)12-3-15-41-31-19-27-24(18-30(31)40-2)28(8-11-36-27)42-29-7-4-22(16-26(29)35)20-43(38,39)32-17-23(33)5-6-25(32)34/h4-8,11,16-19,21H,3,9-10,12-15,20H2,1-2H3. The van der Waals surface area contributed by atoms with Crippen molar-refractivity contribution in [3.05, 3.63) is 83.8 Å². The molecule has 43 heavy (non-hydrogen) atoms. The van der Waals surface area contributed by atoms with Crippen LogP contribution in [0.15, 0.2) is 65.7 Å². The van der Waals surface area contributed by atoms with E-state index in [0.29, 0.717) is 40.8 Å². The summed E-state index contributed by atoms with van der Waals surface area (Å²) in [7, 11) is -2.74. The van der Waals surface area contributed by atoms with E-state index >= 15 is 4.39 Å². The van der Waals surface area contributed by atoms with Crippen molar-refractivity contribution in [3.8, 4) is 23.0 Å². The van der Waals surface area contributed by atoms with Crippen LogP contribution < -0.4 is 14.2 Å². The first-order valence-electron chi connectivity index (χ1n) is 14.1. The average molecular weight is 615 g/mol. The Morgan fingerprint density at radius 2 is 1.70 bits per heavy atom. The zero-order valence-corrected chi connectivity index (χ0v) is 24.8. The second-order valence-electron chi connectivity index (χ2n) is 10.8. The predicted molar refractivity (Wildman–Crippen MR) is 157 cm³/mol. The zero-order chi connectivity index (χ0) is 30.6. The number of sulfone groups is 1. The van der Waals surface area contributed by atoms with Crippen LogP contribution >= 0.6 is 0 Å². The third-order valence-corrected chi connectivity index (χ3v) is 9.24. The fourth-order valence-electron chi connectivity index (χ4n) is 5.09. The molecule has 0 spiro atoms. The van der Waals surface area contributed by atoms with E-state index in [4.69, 9.17) is 14.2 Å². The summed E-state index contributed by atoms with van der Waals surface area (Å²) in [5, 5.41) is 0.557. The number of piperidine rings is 1. The smallest absolute Gasteiger partial charge is 0.185 e. The van der Waals surface area contributed by atoms with E-state index in [9.17, 15) is 17.2 Å². The molecule has 0 radical (unpaired) electrons. The summed E-state index contributed by atoms with van der Waals surface area (Å²) in [5.41, 5.74) is 0.602. The molecule has 0 bridgehead atoms. The highest BCUT2D eigenvalue weighted by Crippen LogP contribution is 2.38. The molecule has 1 aliphatic rings. The third kappa shape index (κ3) is 7.40. The number of methoxy groups -OCH3 is 1. The molecule has 1 saturated heterocycles. The highest BCUT2D eigenvalue weighted by Gasteiger charge is 2.22. The average Bonchev–Trinajstić information content (AvgIpc) is 2.98. The van der Waals surface area contributed by atoms with Crippen LogP contribution in [0.1, 0.15) is 31.7 Å². The van der Waals surface area contributed by atoms with Crippen LogP contribution in [0.3, 0.4) is 0 Å². The minimum absolute atomic E-state index is 0.0476. The maximum atomic E-state index is 15.1. The van der Waals surface area contributed by atoms with Crippen LogP contribution in [-0.4, -0.2) is 51.7 Å². The molecule has 7 nitrogen and oxygen atoms in total. The first-order chi connectivity index (χ1) is 20.6. The molecule has 11 heteroatoms. The Bertz CT molecular complexity index is 1710.